The summed E-state index contributed by atoms with van der Waals surface area (Å²) in [6.07, 6.45) is 0. The number of carbonyl (C=O) groups excluding carboxylic acids is 1. The molecular formula is C12H14N4O2. The van der Waals surface area contributed by atoms with Gasteiger partial charge in [0.25, 0.3) is 0 Å². The molecule has 1 saturated heterocycles. The highest BCUT2D eigenvalue weighted by Crippen LogP contribution is 2.25. The van der Waals surface area contributed by atoms with Gasteiger partial charge in [-0.1, -0.05) is 0 Å². The van der Waals surface area contributed by atoms with E-state index in [1.165, 1.54) is 0 Å². The number of amides is 1. The number of rotatable bonds is 2. The SMILES string of the molecule is N#Cc1cc(N)ccc1N1CCOCC1C(N)=O. The van der Waals surface area contributed by atoms with Gasteiger partial charge in [-0.2, -0.15) is 5.26 Å². The second-order valence-electron chi connectivity index (χ2n) is 4.07. The molecule has 1 heterocycles. The Kier molecular flexibility index (Phi) is 3.35. The first-order valence-electron chi connectivity index (χ1n) is 5.57. The Labute approximate surface area is 105 Å². The van der Waals surface area contributed by atoms with E-state index in [0.29, 0.717) is 30.1 Å². The molecule has 1 aromatic rings. The van der Waals surface area contributed by atoms with Crippen molar-refractivity contribution in [3.05, 3.63) is 23.8 Å². The maximum atomic E-state index is 11.4. The molecule has 0 aromatic heterocycles. The molecular weight excluding hydrogens is 232 g/mol. The normalized spacial score (nSPS) is 19.3. The first kappa shape index (κ1) is 12.2. The number of carbonyl (C=O) groups is 1. The summed E-state index contributed by atoms with van der Waals surface area (Å²) in [6.45, 7) is 1.26. The number of nitriles is 1. The zero-order chi connectivity index (χ0) is 13.1. The molecule has 4 N–H and O–H groups in total. The molecule has 94 valence electrons. The second kappa shape index (κ2) is 4.94. The summed E-state index contributed by atoms with van der Waals surface area (Å²) in [4.78, 5) is 13.2. The molecule has 1 aromatic carbocycles. The monoisotopic (exact) mass is 246 g/mol. The largest absolute Gasteiger partial charge is 0.399 e. The van der Waals surface area contributed by atoms with Crippen LogP contribution in [0.5, 0.6) is 0 Å². The van der Waals surface area contributed by atoms with Crippen LogP contribution in [0.25, 0.3) is 0 Å². The maximum absolute atomic E-state index is 11.4. The van der Waals surface area contributed by atoms with E-state index in [2.05, 4.69) is 6.07 Å². The van der Waals surface area contributed by atoms with Gasteiger partial charge in [0.05, 0.1) is 24.5 Å². The van der Waals surface area contributed by atoms with Gasteiger partial charge < -0.3 is 21.1 Å². The third-order valence-corrected chi connectivity index (χ3v) is 2.91. The number of morpholine rings is 1. The van der Waals surface area contributed by atoms with Crippen LogP contribution in [-0.4, -0.2) is 31.7 Å². The van der Waals surface area contributed by atoms with Crippen LogP contribution in [0.4, 0.5) is 11.4 Å². The Bertz CT molecular complexity index is 509. The fourth-order valence-corrected chi connectivity index (χ4v) is 2.02. The van der Waals surface area contributed by atoms with Crippen molar-refractivity contribution < 1.29 is 9.53 Å². The highest BCUT2D eigenvalue weighted by atomic mass is 16.5. The van der Waals surface area contributed by atoms with Gasteiger partial charge in [-0.25, -0.2) is 0 Å². The van der Waals surface area contributed by atoms with E-state index >= 15 is 0 Å². The summed E-state index contributed by atoms with van der Waals surface area (Å²) in [6, 6.07) is 6.55. The second-order valence-corrected chi connectivity index (χ2v) is 4.07. The fourth-order valence-electron chi connectivity index (χ4n) is 2.02. The Hall–Kier alpha value is -2.26. The van der Waals surface area contributed by atoms with Crippen molar-refractivity contribution in [2.75, 3.05) is 30.4 Å². The van der Waals surface area contributed by atoms with Crippen molar-refractivity contribution in [1.29, 1.82) is 5.26 Å². The van der Waals surface area contributed by atoms with Crippen LogP contribution in [0, 0.1) is 11.3 Å². The molecule has 1 unspecified atom stereocenters. The molecule has 1 aliphatic heterocycles. The van der Waals surface area contributed by atoms with Crippen LogP contribution in [0.2, 0.25) is 0 Å². The summed E-state index contributed by atoms with van der Waals surface area (Å²) in [5.74, 6) is -0.463. The van der Waals surface area contributed by atoms with Crippen LogP contribution in [0.1, 0.15) is 5.56 Å². The number of nitrogens with two attached hydrogens (primary N) is 2. The Morgan fingerprint density at radius 3 is 3.00 bits per heavy atom. The Morgan fingerprint density at radius 1 is 1.56 bits per heavy atom. The van der Waals surface area contributed by atoms with E-state index in [1.54, 1.807) is 23.1 Å². The van der Waals surface area contributed by atoms with Crippen molar-refractivity contribution in [2.45, 2.75) is 6.04 Å². The molecule has 0 spiro atoms. The minimum atomic E-state index is -0.547. The highest BCUT2D eigenvalue weighted by Gasteiger charge is 2.29. The molecule has 1 fully saturated rings. The molecule has 0 saturated carbocycles. The molecule has 6 nitrogen and oxygen atoms in total. The molecule has 0 radical (unpaired) electrons. The van der Waals surface area contributed by atoms with Crippen LogP contribution in [0.3, 0.4) is 0 Å². The molecule has 2 rings (SSSR count). The predicted molar refractivity (Wildman–Crippen MR) is 66.7 cm³/mol. The zero-order valence-electron chi connectivity index (χ0n) is 9.80. The number of hydrogen-bond donors (Lipinski definition) is 2. The van der Waals surface area contributed by atoms with Crippen LogP contribution in [-0.2, 0) is 9.53 Å². The lowest BCUT2D eigenvalue weighted by atomic mass is 10.1. The molecule has 18 heavy (non-hydrogen) atoms. The molecule has 1 atom stereocenters. The Morgan fingerprint density at radius 2 is 2.33 bits per heavy atom. The van der Waals surface area contributed by atoms with Crippen molar-refractivity contribution in [3.8, 4) is 6.07 Å². The van der Waals surface area contributed by atoms with Crippen molar-refractivity contribution in [3.63, 3.8) is 0 Å². The average molecular weight is 246 g/mol. The minimum Gasteiger partial charge on any atom is -0.399 e. The Balaban J connectivity index is 2.40. The van der Waals surface area contributed by atoms with Crippen LogP contribution >= 0.6 is 0 Å². The maximum Gasteiger partial charge on any atom is 0.242 e. The number of ether oxygens (including phenoxy) is 1. The van der Waals surface area contributed by atoms with E-state index in [0.717, 1.165) is 0 Å². The third-order valence-electron chi connectivity index (χ3n) is 2.91. The summed E-state index contributed by atoms with van der Waals surface area (Å²) in [7, 11) is 0. The van der Waals surface area contributed by atoms with Crippen molar-refractivity contribution in [1.82, 2.24) is 0 Å². The summed E-state index contributed by atoms with van der Waals surface area (Å²) in [5, 5.41) is 9.12. The van der Waals surface area contributed by atoms with Crippen LogP contribution in [0.15, 0.2) is 18.2 Å². The summed E-state index contributed by atoms with van der Waals surface area (Å²) >= 11 is 0. The van der Waals surface area contributed by atoms with E-state index in [-0.39, 0.29) is 6.61 Å². The van der Waals surface area contributed by atoms with Gasteiger partial charge in [0.2, 0.25) is 5.91 Å². The first-order chi connectivity index (χ1) is 8.63. The summed E-state index contributed by atoms with van der Waals surface area (Å²) in [5.41, 5.74) is 12.6. The van der Waals surface area contributed by atoms with E-state index in [1.807, 2.05) is 0 Å². The average Bonchev–Trinajstić information content (AvgIpc) is 2.38. The highest BCUT2D eigenvalue weighted by molar-refractivity contribution is 5.85. The molecule has 1 amide bonds. The van der Waals surface area contributed by atoms with Gasteiger partial charge in [-0.05, 0) is 18.2 Å². The van der Waals surface area contributed by atoms with Crippen molar-refractivity contribution >= 4 is 17.3 Å². The molecule has 0 aliphatic carbocycles. The molecule has 0 bridgehead atoms. The summed E-state index contributed by atoms with van der Waals surface area (Å²) < 4.78 is 5.24. The standard InChI is InChI=1S/C12H14N4O2/c13-6-8-5-9(14)1-2-10(8)16-3-4-18-7-11(16)12(15)17/h1-2,5,11H,3-4,7,14H2,(H2,15,17). The van der Waals surface area contributed by atoms with Gasteiger partial charge in [-0.15, -0.1) is 0 Å². The first-order valence-corrected chi connectivity index (χ1v) is 5.57. The zero-order valence-corrected chi connectivity index (χ0v) is 9.80. The van der Waals surface area contributed by atoms with E-state index in [9.17, 15) is 4.79 Å². The van der Waals surface area contributed by atoms with Gasteiger partial charge in [0, 0.05) is 12.2 Å². The third kappa shape index (κ3) is 2.21. The van der Waals surface area contributed by atoms with E-state index in [4.69, 9.17) is 21.5 Å². The van der Waals surface area contributed by atoms with Gasteiger partial charge in [-0.3, -0.25) is 4.79 Å². The number of anilines is 2. The number of nitrogen functional groups attached to an aromatic ring is 1. The molecule has 1 aliphatic rings. The van der Waals surface area contributed by atoms with Gasteiger partial charge in [0.15, 0.2) is 0 Å². The van der Waals surface area contributed by atoms with Crippen molar-refractivity contribution in [2.24, 2.45) is 5.73 Å². The topological polar surface area (TPSA) is 105 Å². The lowest BCUT2D eigenvalue weighted by Crippen LogP contribution is -2.52. The fraction of sp³-hybridized carbons (Fsp3) is 0.333. The van der Waals surface area contributed by atoms with Gasteiger partial charge in [0.1, 0.15) is 12.1 Å². The quantitative estimate of drug-likeness (QED) is 0.705. The number of nitrogens with zero attached hydrogens (tertiary/aromatic N) is 2. The number of primary amides is 1. The smallest absolute Gasteiger partial charge is 0.242 e. The lowest BCUT2D eigenvalue weighted by Gasteiger charge is -2.35. The molecule has 6 heteroatoms. The number of hydrogen-bond acceptors (Lipinski definition) is 5. The lowest BCUT2D eigenvalue weighted by molar-refractivity contribution is -0.121. The van der Waals surface area contributed by atoms with Crippen LogP contribution < -0.4 is 16.4 Å². The van der Waals surface area contributed by atoms with Gasteiger partial charge >= 0.3 is 0 Å². The number of benzene rings is 1. The minimum absolute atomic E-state index is 0.241. The predicted octanol–water partition coefficient (Wildman–Crippen LogP) is -0.169. The van der Waals surface area contributed by atoms with E-state index < -0.39 is 11.9 Å².